The van der Waals surface area contributed by atoms with Gasteiger partial charge in [-0.2, -0.15) is 0 Å². The van der Waals surface area contributed by atoms with Gasteiger partial charge in [0.2, 0.25) is 6.23 Å². The Morgan fingerprint density at radius 2 is 1.70 bits per heavy atom. The van der Waals surface area contributed by atoms with Crippen LogP contribution in [0.3, 0.4) is 0 Å². The molecule has 0 amide bonds. The number of nitrogen functional groups attached to an aromatic ring is 1. The Morgan fingerprint density at radius 1 is 1.11 bits per heavy atom. The average Bonchev–Trinajstić information content (AvgIpc) is 3.13. The van der Waals surface area contributed by atoms with E-state index < -0.39 is 66.1 Å². The van der Waals surface area contributed by atoms with Gasteiger partial charge in [0.05, 0.1) is 19.3 Å². The lowest BCUT2D eigenvalue weighted by Gasteiger charge is -2.36. The Balaban J connectivity index is 1.70. The van der Waals surface area contributed by atoms with E-state index in [0.29, 0.717) is 0 Å². The first kappa shape index (κ1) is 30.0. The van der Waals surface area contributed by atoms with Gasteiger partial charge in [-0.3, -0.25) is 18.3 Å². The number of hydrogen-bond acceptors (Lipinski definition) is 17. The number of aryl methyl sites for hydroxylation is 1. The van der Waals surface area contributed by atoms with Crippen molar-refractivity contribution < 1.29 is 70.7 Å². The molecule has 3 rings (SSSR count). The number of aliphatic hydroxyl groups excluding tert-OH is 2. The molecule has 3 heterocycles. The van der Waals surface area contributed by atoms with Crippen molar-refractivity contribution in [3.8, 4) is 5.88 Å². The third-order valence-corrected chi connectivity index (χ3v) is 8.98. The van der Waals surface area contributed by atoms with Crippen molar-refractivity contribution >= 4 is 40.6 Å². The molecule has 1 aliphatic heterocycles. The van der Waals surface area contributed by atoms with Crippen LogP contribution in [0.5, 0.6) is 5.88 Å². The predicted molar refractivity (Wildman–Crippen MR) is 110 cm³/mol. The molecule has 2 aromatic rings. The van der Waals surface area contributed by atoms with Crippen LogP contribution in [0.25, 0.3) is 11.2 Å². The number of nitrogens with two attached hydrogens (primary N) is 1. The number of anilines is 1. The van der Waals surface area contributed by atoms with Gasteiger partial charge in [0, 0.05) is 5.88 Å². The van der Waals surface area contributed by atoms with Crippen LogP contribution >= 0.6 is 23.5 Å². The fourth-order valence-electron chi connectivity index (χ4n) is 3.31. The van der Waals surface area contributed by atoms with E-state index in [1.807, 2.05) is 0 Å². The van der Waals surface area contributed by atoms with Crippen molar-refractivity contribution in [2.24, 2.45) is 7.05 Å². The number of ether oxygens (including phenoxy) is 1. The lowest BCUT2D eigenvalue weighted by atomic mass is 10.1. The van der Waals surface area contributed by atoms with Crippen LogP contribution in [0, 0.1) is 0 Å². The maximum Gasteiger partial charge on any atom is 0.309 e. The van der Waals surface area contributed by atoms with Crippen molar-refractivity contribution in [3.05, 3.63) is 6.33 Å². The van der Waals surface area contributed by atoms with Gasteiger partial charge in [-0.1, -0.05) is 4.98 Å². The average molecular weight is 590 g/mol. The van der Waals surface area contributed by atoms with Crippen LogP contribution in [-0.2, 0) is 43.1 Å². The number of hydrogen-bond donors (Lipinski definition) is 3. The monoisotopic (exact) mass is 590 g/mol. The Labute approximate surface area is 208 Å². The van der Waals surface area contributed by atoms with Gasteiger partial charge in [0.15, 0.2) is 11.8 Å². The van der Waals surface area contributed by atoms with Gasteiger partial charge in [-0.15, -0.1) is 0 Å². The van der Waals surface area contributed by atoms with E-state index in [0.717, 1.165) is 4.57 Å². The summed E-state index contributed by atoms with van der Waals surface area (Å²) in [6.45, 7) is 2.68. The molecular weight excluding hydrogens is 567 g/mol. The lowest BCUT2D eigenvalue weighted by molar-refractivity contribution is -0.745. The Kier molecular flexibility index (Phi) is 8.27. The Morgan fingerprint density at radius 3 is 2.30 bits per heavy atom. The number of phosphoric ester groups is 2. The highest BCUT2D eigenvalue weighted by molar-refractivity contribution is 7.65. The highest BCUT2D eigenvalue weighted by Gasteiger charge is 2.47. The second kappa shape index (κ2) is 10.2. The molecular formula is C15H23N5O14P3-3. The summed E-state index contributed by atoms with van der Waals surface area (Å²) < 4.78 is 59.6. The quantitative estimate of drug-likeness (QED) is 0.191. The van der Waals surface area contributed by atoms with Gasteiger partial charge in [0.1, 0.15) is 18.3 Å². The van der Waals surface area contributed by atoms with Gasteiger partial charge in [0.25, 0.3) is 29.4 Å². The fourth-order valence-corrected chi connectivity index (χ4v) is 6.98. The Hall–Kier alpha value is -1.56. The van der Waals surface area contributed by atoms with Crippen LogP contribution in [0.15, 0.2) is 6.33 Å². The second-order valence-electron chi connectivity index (χ2n) is 8.74. The van der Waals surface area contributed by atoms with E-state index in [1.54, 1.807) is 0 Å². The minimum absolute atomic E-state index is 0.0195. The maximum atomic E-state index is 12.1. The van der Waals surface area contributed by atoms with Crippen molar-refractivity contribution in [2.45, 2.75) is 50.9 Å². The first-order valence-corrected chi connectivity index (χ1v) is 14.5. The van der Waals surface area contributed by atoms with Crippen molar-refractivity contribution in [1.29, 1.82) is 0 Å². The molecule has 19 nitrogen and oxygen atoms in total. The van der Waals surface area contributed by atoms with E-state index in [9.17, 15) is 43.7 Å². The highest BCUT2D eigenvalue weighted by atomic mass is 31.3. The molecule has 0 saturated carbocycles. The van der Waals surface area contributed by atoms with Crippen LogP contribution in [0.4, 0.5) is 5.95 Å². The molecule has 0 aromatic carbocycles. The summed E-state index contributed by atoms with van der Waals surface area (Å²) in [5, 5.41) is 32.9. The van der Waals surface area contributed by atoms with Crippen molar-refractivity contribution in [2.75, 3.05) is 12.3 Å². The van der Waals surface area contributed by atoms with E-state index in [-0.39, 0.29) is 17.1 Å². The summed E-state index contributed by atoms with van der Waals surface area (Å²) in [5.74, 6) is -1.12. The van der Waals surface area contributed by atoms with Crippen molar-refractivity contribution in [1.82, 2.24) is 14.5 Å². The smallest absolute Gasteiger partial charge is 0.309 e. The summed E-state index contributed by atoms with van der Waals surface area (Å²) in [7, 11) is -16.0. The molecule has 210 valence electrons. The minimum atomic E-state index is -6.07. The van der Waals surface area contributed by atoms with Crippen LogP contribution < -0.4 is 30.1 Å². The van der Waals surface area contributed by atoms with E-state index in [1.165, 1.54) is 38.7 Å². The number of aromatic nitrogens is 4. The SMILES string of the molecule is Cn1c[n+]([C@@H]2O[C@H](COP(=O)([O-])OP(=O)([O-])OP(=O)([O-])OC(C)(C)C)[C@H](O)C2O)c2nc(N)nc([O-])c21. The number of aliphatic hydroxyl groups is 2. The lowest BCUT2D eigenvalue weighted by Crippen LogP contribution is -2.46. The topological polar surface area (TPSA) is 291 Å². The minimum Gasteiger partial charge on any atom is -0.856 e. The number of rotatable bonds is 9. The third kappa shape index (κ3) is 7.30. The maximum absolute atomic E-state index is 12.1. The fraction of sp³-hybridized carbons (Fsp3) is 0.667. The molecule has 7 atom stereocenters. The van der Waals surface area contributed by atoms with Gasteiger partial charge in [-0.25, -0.2) is 18.2 Å². The molecule has 0 aliphatic carbocycles. The molecule has 4 N–H and O–H groups in total. The van der Waals surface area contributed by atoms with E-state index in [4.69, 9.17) is 10.5 Å². The van der Waals surface area contributed by atoms with Crippen LogP contribution in [-0.4, -0.2) is 55.3 Å². The standard InChI is InChI=1S/C15H26N5O14P3/c1-15(2,3)32-36(26,27)34-37(28,29)33-35(24,25)30-5-7-9(21)10(22)13(31-7)20-6-19(4)8-11(20)17-14(16)18-12(8)23/h6-7,9-10,13,21-22H,5H2,1-4H3,(H5-,16,17,18,23,24,25,26,27,28,29)/p-3/t7-,9+,10?,13-/m1/s1. The van der Waals surface area contributed by atoms with Crippen molar-refractivity contribution in [3.63, 3.8) is 0 Å². The molecule has 0 spiro atoms. The summed E-state index contributed by atoms with van der Waals surface area (Å²) in [5.41, 5.74) is 4.01. The molecule has 0 bridgehead atoms. The Bertz CT molecular complexity index is 1310. The third-order valence-electron chi connectivity index (χ3n) is 4.54. The summed E-state index contributed by atoms with van der Waals surface area (Å²) in [6.07, 6.45) is -5.23. The number of nitrogens with zero attached hydrogens (tertiary/aromatic N) is 4. The van der Waals surface area contributed by atoms with Gasteiger partial charge in [-0.05, 0) is 20.8 Å². The zero-order valence-electron chi connectivity index (χ0n) is 19.6. The number of phosphoric acid groups is 3. The zero-order chi connectivity index (χ0) is 28.1. The molecule has 22 heteroatoms. The summed E-state index contributed by atoms with van der Waals surface area (Å²) in [4.78, 5) is 42.9. The molecule has 1 saturated heterocycles. The molecule has 2 aromatic heterocycles. The molecule has 0 radical (unpaired) electrons. The van der Waals surface area contributed by atoms with Crippen LogP contribution in [0.2, 0.25) is 0 Å². The normalized spacial score (nSPS) is 27.6. The van der Waals surface area contributed by atoms with Gasteiger partial charge < -0.3 is 49.5 Å². The molecule has 37 heavy (non-hydrogen) atoms. The molecule has 1 aliphatic rings. The van der Waals surface area contributed by atoms with E-state index in [2.05, 4.69) is 27.6 Å². The molecule has 1 fully saturated rings. The number of fused-ring (bicyclic) bond motifs is 1. The number of imidazole rings is 1. The summed E-state index contributed by atoms with van der Waals surface area (Å²) >= 11 is 0. The van der Waals surface area contributed by atoms with E-state index >= 15 is 0 Å². The summed E-state index contributed by atoms with van der Waals surface area (Å²) in [6, 6.07) is 0. The first-order valence-electron chi connectivity index (χ1n) is 10.1. The highest BCUT2D eigenvalue weighted by Crippen LogP contribution is 2.63. The molecule has 4 unspecified atom stereocenters. The predicted octanol–water partition coefficient (Wildman–Crippen LogP) is -3.20. The van der Waals surface area contributed by atoms with Crippen LogP contribution in [0.1, 0.15) is 27.0 Å². The largest absolute Gasteiger partial charge is 0.856 e. The first-order chi connectivity index (χ1) is 16.7. The van der Waals surface area contributed by atoms with Gasteiger partial charge >= 0.3 is 5.65 Å². The second-order valence-corrected chi connectivity index (χ2v) is 13.2. The zero-order valence-corrected chi connectivity index (χ0v) is 22.3.